The van der Waals surface area contributed by atoms with Crippen molar-refractivity contribution in [2.75, 3.05) is 0 Å². The maximum atomic E-state index is 12.1. The number of aryl methyl sites for hydroxylation is 1. The first-order valence-electron chi connectivity index (χ1n) is 6.63. The van der Waals surface area contributed by atoms with Crippen LogP contribution in [-0.4, -0.2) is 28.0 Å². The molecule has 0 radical (unpaired) electrons. The molecule has 1 aliphatic rings. The minimum absolute atomic E-state index is 0.0930. The van der Waals surface area contributed by atoms with Gasteiger partial charge in [-0.05, 0) is 38.3 Å². The third-order valence-corrected chi connectivity index (χ3v) is 3.74. The zero-order valence-corrected chi connectivity index (χ0v) is 12.0. The molecule has 2 rings (SSSR count). The van der Waals surface area contributed by atoms with Gasteiger partial charge in [-0.15, -0.1) is 0 Å². The molecule has 108 valence electrons. The van der Waals surface area contributed by atoms with Crippen LogP contribution in [0.4, 0.5) is 0 Å². The molecule has 1 fully saturated rings. The summed E-state index contributed by atoms with van der Waals surface area (Å²) in [6, 6.07) is 3.09. The highest BCUT2D eigenvalue weighted by Gasteiger charge is 2.28. The van der Waals surface area contributed by atoms with Crippen LogP contribution in [0.3, 0.4) is 0 Å². The maximum Gasteiger partial charge on any atom is 0.306 e. The lowest BCUT2D eigenvalue weighted by atomic mass is 9.85. The lowest BCUT2D eigenvalue weighted by Gasteiger charge is -2.27. The minimum Gasteiger partial charge on any atom is -0.481 e. The van der Waals surface area contributed by atoms with Gasteiger partial charge in [0.25, 0.3) is 5.91 Å². The van der Waals surface area contributed by atoms with Gasteiger partial charge in [-0.1, -0.05) is 18.0 Å². The molecule has 2 unspecified atom stereocenters. The normalized spacial score (nSPS) is 22.3. The van der Waals surface area contributed by atoms with E-state index in [2.05, 4.69) is 10.3 Å². The number of carbonyl (C=O) groups is 2. The summed E-state index contributed by atoms with van der Waals surface area (Å²) in [5, 5.41) is 12.2. The largest absolute Gasteiger partial charge is 0.481 e. The Morgan fingerprint density at radius 1 is 1.40 bits per heavy atom. The maximum absolute atomic E-state index is 12.1. The number of nitrogens with zero attached hydrogens (tertiary/aromatic N) is 1. The Bertz CT molecular complexity index is 513. The van der Waals surface area contributed by atoms with Crippen molar-refractivity contribution in [1.29, 1.82) is 0 Å². The number of hydrogen-bond acceptors (Lipinski definition) is 3. The fraction of sp³-hybridized carbons (Fsp3) is 0.500. The second-order valence-electron chi connectivity index (χ2n) is 5.19. The summed E-state index contributed by atoms with van der Waals surface area (Å²) in [5.41, 5.74) is 1.13. The van der Waals surface area contributed by atoms with Crippen LogP contribution in [0.1, 0.15) is 41.7 Å². The molecule has 20 heavy (non-hydrogen) atoms. The number of aliphatic carboxylic acids is 1. The van der Waals surface area contributed by atoms with Crippen LogP contribution in [0.25, 0.3) is 0 Å². The Morgan fingerprint density at radius 3 is 2.80 bits per heavy atom. The molecule has 0 bridgehead atoms. The quantitative estimate of drug-likeness (QED) is 0.840. The number of pyridine rings is 1. The van der Waals surface area contributed by atoms with Crippen molar-refractivity contribution in [2.24, 2.45) is 5.92 Å². The highest BCUT2D eigenvalue weighted by atomic mass is 35.5. The average molecular weight is 297 g/mol. The first-order valence-corrected chi connectivity index (χ1v) is 7.01. The van der Waals surface area contributed by atoms with Crippen LogP contribution in [0.2, 0.25) is 5.15 Å². The molecule has 0 saturated heterocycles. The molecule has 1 saturated carbocycles. The van der Waals surface area contributed by atoms with E-state index in [1.54, 1.807) is 13.0 Å². The molecule has 1 aromatic rings. The smallest absolute Gasteiger partial charge is 0.306 e. The van der Waals surface area contributed by atoms with Gasteiger partial charge < -0.3 is 10.4 Å². The fourth-order valence-electron chi connectivity index (χ4n) is 2.57. The van der Waals surface area contributed by atoms with Crippen LogP contribution in [0, 0.1) is 12.8 Å². The van der Waals surface area contributed by atoms with E-state index in [9.17, 15) is 9.59 Å². The number of carbonyl (C=O) groups excluding carboxylic acids is 1. The lowest BCUT2D eigenvalue weighted by molar-refractivity contribution is -0.143. The molecular formula is C14H17ClN2O3. The molecule has 1 amide bonds. The summed E-state index contributed by atoms with van der Waals surface area (Å²) in [6.07, 6.45) is 2.80. The summed E-state index contributed by atoms with van der Waals surface area (Å²) in [7, 11) is 0. The summed E-state index contributed by atoms with van der Waals surface area (Å²) < 4.78 is 0. The number of carboxylic acid groups (broad SMARTS) is 1. The van der Waals surface area contributed by atoms with Crippen molar-refractivity contribution < 1.29 is 14.7 Å². The van der Waals surface area contributed by atoms with Crippen LogP contribution in [0.5, 0.6) is 0 Å². The number of aromatic nitrogens is 1. The van der Waals surface area contributed by atoms with E-state index in [1.165, 1.54) is 6.07 Å². The number of carboxylic acids is 1. The minimum atomic E-state index is -0.785. The van der Waals surface area contributed by atoms with E-state index < -0.39 is 5.97 Å². The summed E-state index contributed by atoms with van der Waals surface area (Å²) in [5.74, 6) is -1.38. The molecule has 2 N–H and O–H groups in total. The van der Waals surface area contributed by atoms with Gasteiger partial charge in [0.2, 0.25) is 0 Å². The fourth-order valence-corrected chi connectivity index (χ4v) is 2.82. The zero-order chi connectivity index (χ0) is 14.7. The Hall–Kier alpha value is -1.62. The third-order valence-electron chi connectivity index (χ3n) is 3.54. The Balaban J connectivity index is 2.02. The first kappa shape index (κ1) is 14.8. The summed E-state index contributed by atoms with van der Waals surface area (Å²) >= 11 is 5.83. The van der Waals surface area contributed by atoms with Crippen LogP contribution in [-0.2, 0) is 4.79 Å². The van der Waals surface area contributed by atoms with Crippen molar-refractivity contribution in [3.8, 4) is 0 Å². The number of amides is 1. The highest BCUT2D eigenvalue weighted by Crippen LogP contribution is 2.24. The molecule has 0 aliphatic heterocycles. The van der Waals surface area contributed by atoms with E-state index in [0.717, 1.165) is 12.8 Å². The van der Waals surface area contributed by atoms with Crippen molar-refractivity contribution in [2.45, 2.75) is 38.6 Å². The van der Waals surface area contributed by atoms with E-state index >= 15 is 0 Å². The summed E-state index contributed by atoms with van der Waals surface area (Å²) in [6.45, 7) is 1.77. The number of nitrogens with one attached hydrogen (secondary N) is 1. The van der Waals surface area contributed by atoms with Crippen molar-refractivity contribution in [3.63, 3.8) is 0 Å². The molecule has 1 aliphatic carbocycles. The molecule has 0 aromatic carbocycles. The van der Waals surface area contributed by atoms with Gasteiger partial charge in [-0.25, -0.2) is 4.98 Å². The molecular weight excluding hydrogens is 280 g/mol. The molecule has 5 nitrogen and oxygen atoms in total. The SMILES string of the molecule is Cc1cc(C(=O)NC2CCCC(C(=O)O)C2)cc(Cl)n1. The number of halogens is 1. The highest BCUT2D eigenvalue weighted by molar-refractivity contribution is 6.29. The second kappa shape index (κ2) is 6.22. The first-order chi connectivity index (χ1) is 9.45. The monoisotopic (exact) mass is 296 g/mol. The Kier molecular flexibility index (Phi) is 4.60. The Labute approximate surface area is 122 Å². The van der Waals surface area contributed by atoms with Gasteiger partial charge in [0.1, 0.15) is 5.15 Å². The van der Waals surface area contributed by atoms with Gasteiger partial charge in [-0.2, -0.15) is 0 Å². The van der Waals surface area contributed by atoms with Crippen LogP contribution in [0.15, 0.2) is 12.1 Å². The van der Waals surface area contributed by atoms with E-state index in [1.807, 2.05) is 0 Å². The third kappa shape index (κ3) is 3.70. The van der Waals surface area contributed by atoms with Gasteiger partial charge in [0, 0.05) is 17.3 Å². The van der Waals surface area contributed by atoms with Gasteiger partial charge >= 0.3 is 5.97 Å². The van der Waals surface area contributed by atoms with Gasteiger partial charge in [0.15, 0.2) is 0 Å². The molecule has 6 heteroatoms. The van der Waals surface area contributed by atoms with Crippen LogP contribution < -0.4 is 5.32 Å². The predicted molar refractivity (Wildman–Crippen MR) is 74.8 cm³/mol. The summed E-state index contributed by atoms with van der Waals surface area (Å²) in [4.78, 5) is 27.2. The zero-order valence-electron chi connectivity index (χ0n) is 11.2. The standard InChI is InChI=1S/C14H17ClN2O3/c1-8-5-10(7-12(15)16-8)13(18)17-11-4-2-3-9(6-11)14(19)20/h5,7,9,11H,2-4,6H2,1H3,(H,17,18)(H,19,20). The average Bonchev–Trinajstić information content (AvgIpc) is 2.37. The number of rotatable bonds is 3. The van der Waals surface area contributed by atoms with Gasteiger partial charge in [-0.3, -0.25) is 9.59 Å². The topological polar surface area (TPSA) is 79.3 Å². The molecule has 2 atom stereocenters. The molecule has 0 spiro atoms. The van der Waals surface area contributed by atoms with E-state index in [0.29, 0.717) is 24.1 Å². The van der Waals surface area contributed by atoms with E-state index in [-0.39, 0.29) is 23.0 Å². The molecule has 1 heterocycles. The molecule has 1 aromatic heterocycles. The van der Waals surface area contributed by atoms with Crippen molar-refractivity contribution in [1.82, 2.24) is 10.3 Å². The van der Waals surface area contributed by atoms with Crippen molar-refractivity contribution >= 4 is 23.5 Å². The lowest BCUT2D eigenvalue weighted by Crippen LogP contribution is -2.40. The van der Waals surface area contributed by atoms with Crippen LogP contribution >= 0.6 is 11.6 Å². The van der Waals surface area contributed by atoms with E-state index in [4.69, 9.17) is 16.7 Å². The predicted octanol–water partition coefficient (Wildman–Crippen LogP) is 2.42. The second-order valence-corrected chi connectivity index (χ2v) is 5.58. The number of hydrogen-bond donors (Lipinski definition) is 2. The van der Waals surface area contributed by atoms with Crippen molar-refractivity contribution in [3.05, 3.63) is 28.5 Å². The Morgan fingerprint density at radius 2 is 2.15 bits per heavy atom. The van der Waals surface area contributed by atoms with Gasteiger partial charge in [0.05, 0.1) is 5.92 Å².